The fraction of sp³-hybridized carbons (Fsp3) is 0.400. The van der Waals surface area contributed by atoms with Crippen molar-refractivity contribution in [2.45, 2.75) is 18.6 Å². The van der Waals surface area contributed by atoms with Crippen molar-refractivity contribution in [3.63, 3.8) is 0 Å². The number of pyridine rings is 1. The van der Waals surface area contributed by atoms with Crippen molar-refractivity contribution in [1.29, 1.82) is 0 Å². The molecule has 1 aliphatic rings. The summed E-state index contributed by atoms with van der Waals surface area (Å²) < 4.78 is 6.37. The highest BCUT2D eigenvalue weighted by Crippen LogP contribution is 2.23. The Morgan fingerprint density at radius 2 is 2.50 bits per heavy atom. The fourth-order valence-electron chi connectivity index (χ4n) is 1.60. The first-order valence-corrected chi connectivity index (χ1v) is 5.69. The highest BCUT2D eigenvalue weighted by atomic mass is 79.9. The van der Waals surface area contributed by atoms with Gasteiger partial charge < -0.3 is 15.2 Å². The number of carboxylic acids is 1. The second-order valence-electron chi connectivity index (χ2n) is 3.57. The molecule has 0 amide bonds. The van der Waals surface area contributed by atoms with E-state index in [4.69, 9.17) is 9.84 Å². The summed E-state index contributed by atoms with van der Waals surface area (Å²) in [6.45, 7) is 0.528. The number of aromatic nitrogens is 1. The van der Waals surface area contributed by atoms with E-state index in [1.165, 1.54) is 0 Å². The van der Waals surface area contributed by atoms with E-state index >= 15 is 0 Å². The number of hydrogen-bond donors (Lipinski definition) is 2. The van der Waals surface area contributed by atoms with Crippen molar-refractivity contribution in [3.05, 3.63) is 22.8 Å². The van der Waals surface area contributed by atoms with E-state index in [9.17, 15) is 4.79 Å². The highest BCUT2D eigenvalue weighted by Gasteiger charge is 2.30. The first-order chi connectivity index (χ1) is 7.66. The Bertz CT molecular complexity index is 399. The smallest absolute Gasteiger partial charge is 0.320 e. The van der Waals surface area contributed by atoms with Crippen molar-refractivity contribution in [2.24, 2.45) is 0 Å². The predicted molar refractivity (Wildman–Crippen MR) is 60.4 cm³/mol. The summed E-state index contributed by atoms with van der Waals surface area (Å²) in [4.78, 5) is 14.8. The molecule has 6 heteroatoms. The number of carbonyl (C=O) groups is 1. The van der Waals surface area contributed by atoms with Crippen LogP contribution in [0.25, 0.3) is 0 Å². The van der Waals surface area contributed by atoms with E-state index in [-0.39, 0.29) is 6.10 Å². The summed E-state index contributed by atoms with van der Waals surface area (Å²) in [6.07, 6.45) is 1.95. The van der Waals surface area contributed by atoms with Gasteiger partial charge in [0.05, 0.1) is 4.47 Å². The van der Waals surface area contributed by atoms with E-state index in [1.54, 1.807) is 12.3 Å². The Morgan fingerprint density at radius 1 is 1.69 bits per heavy atom. The molecule has 1 saturated heterocycles. The quantitative estimate of drug-likeness (QED) is 0.869. The average molecular weight is 287 g/mol. The van der Waals surface area contributed by atoms with Gasteiger partial charge in [0.25, 0.3) is 0 Å². The van der Waals surface area contributed by atoms with Crippen LogP contribution < -0.4 is 10.1 Å². The molecule has 16 heavy (non-hydrogen) atoms. The number of ether oxygens (including phenoxy) is 1. The molecular formula is C10H11BrN2O3. The van der Waals surface area contributed by atoms with E-state index in [0.29, 0.717) is 18.8 Å². The zero-order chi connectivity index (χ0) is 11.5. The third-order valence-corrected chi connectivity index (χ3v) is 3.00. The minimum Gasteiger partial charge on any atom is -0.480 e. The zero-order valence-corrected chi connectivity index (χ0v) is 9.98. The second kappa shape index (κ2) is 4.80. The molecule has 0 aliphatic carbocycles. The van der Waals surface area contributed by atoms with Gasteiger partial charge in [-0.25, -0.2) is 4.98 Å². The molecule has 1 fully saturated rings. The first-order valence-electron chi connectivity index (χ1n) is 4.90. The van der Waals surface area contributed by atoms with E-state index in [2.05, 4.69) is 26.2 Å². The summed E-state index contributed by atoms with van der Waals surface area (Å²) in [5.41, 5.74) is 0. The van der Waals surface area contributed by atoms with Crippen molar-refractivity contribution in [1.82, 2.24) is 10.3 Å². The Morgan fingerprint density at radius 3 is 3.12 bits per heavy atom. The first kappa shape index (κ1) is 11.3. The molecule has 2 rings (SSSR count). The maximum atomic E-state index is 10.7. The van der Waals surface area contributed by atoms with E-state index < -0.39 is 12.0 Å². The molecule has 0 spiro atoms. The number of halogens is 1. The molecule has 0 bridgehead atoms. The predicted octanol–water partition coefficient (Wildman–Crippen LogP) is 1.04. The molecular weight excluding hydrogens is 276 g/mol. The van der Waals surface area contributed by atoms with Crippen molar-refractivity contribution in [2.75, 3.05) is 6.54 Å². The molecule has 86 valence electrons. The Kier molecular flexibility index (Phi) is 3.40. The Balaban J connectivity index is 1.97. The number of carboxylic acid groups (broad SMARTS) is 1. The Labute approximate surface area is 101 Å². The lowest BCUT2D eigenvalue weighted by Crippen LogP contribution is -2.30. The topological polar surface area (TPSA) is 71.5 Å². The second-order valence-corrected chi connectivity index (χ2v) is 4.42. The van der Waals surface area contributed by atoms with Crippen LogP contribution >= 0.6 is 15.9 Å². The summed E-state index contributed by atoms with van der Waals surface area (Å²) in [5, 5.41) is 11.7. The van der Waals surface area contributed by atoms with Crippen molar-refractivity contribution >= 4 is 21.9 Å². The minimum atomic E-state index is -0.841. The Hall–Kier alpha value is -1.14. The standard InChI is InChI=1S/C10H11BrN2O3/c11-7-2-1-3-12-9(7)16-6-4-8(10(14)15)13-5-6/h1-3,6,8,13H,4-5H2,(H,14,15). The molecule has 0 saturated carbocycles. The number of hydrogen-bond acceptors (Lipinski definition) is 4. The van der Waals surface area contributed by atoms with Crippen LogP contribution in [0, 0.1) is 0 Å². The monoisotopic (exact) mass is 286 g/mol. The van der Waals surface area contributed by atoms with E-state index in [1.807, 2.05) is 6.07 Å². The van der Waals surface area contributed by atoms with Gasteiger partial charge in [0.1, 0.15) is 12.1 Å². The van der Waals surface area contributed by atoms with Gasteiger partial charge in [0.15, 0.2) is 0 Å². The van der Waals surface area contributed by atoms with Crippen molar-refractivity contribution < 1.29 is 14.6 Å². The molecule has 0 radical (unpaired) electrons. The van der Waals surface area contributed by atoms with Crippen LogP contribution in [-0.4, -0.2) is 34.8 Å². The maximum Gasteiger partial charge on any atom is 0.320 e. The normalized spacial score (nSPS) is 24.3. The molecule has 2 atom stereocenters. The lowest BCUT2D eigenvalue weighted by Gasteiger charge is -2.12. The molecule has 2 unspecified atom stereocenters. The summed E-state index contributed by atoms with van der Waals surface area (Å²) in [5.74, 6) is -0.341. The van der Waals surface area contributed by atoms with Crippen LogP contribution in [0.5, 0.6) is 5.88 Å². The van der Waals surface area contributed by atoms with E-state index in [0.717, 1.165) is 4.47 Å². The molecule has 2 heterocycles. The van der Waals surface area contributed by atoms with Gasteiger partial charge in [-0.3, -0.25) is 4.79 Å². The summed E-state index contributed by atoms with van der Waals surface area (Å²) in [7, 11) is 0. The van der Waals surface area contributed by atoms with Crippen LogP contribution in [0.4, 0.5) is 0 Å². The lowest BCUT2D eigenvalue weighted by atomic mass is 10.2. The van der Waals surface area contributed by atoms with Crippen molar-refractivity contribution in [3.8, 4) is 5.88 Å². The molecule has 0 aromatic carbocycles. The molecule has 5 nitrogen and oxygen atoms in total. The van der Waals surface area contributed by atoms with Gasteiger partial charge in [-0.15, -0.1) is 0 Å². The van der Waals surface area contributed by atoms with Crippen LogP contribution in [-0.2, 0) is 4.79 Å². The van der Waals surface area contributed by atoms with Gasteiger partial charge in [-0.2, -0.15) is 0 Å². The molecule has 1 aliphatic heterocycles. The summed E-state index contributed by atoms with van der Waals surface area (Å²) in [6, 6.07) is 3.11. The third kappa shape index (κ3) is 2.51. The highest BCUT2D eigenvalue weighted by molar-refractivity contribution is 9.10. The third-order valence-electron chi connectivity index (χ3n) is 2.39. The average Bonchev–Trinajstić information content (AvgIpc) is 2.70. The van der Waals surface area contributed by atoms with Crippen LogP contribution in [0.15, 0.2) is 22.8 Å². The van der Waals surface area contributed by atoms with Crippen LogP contribution in [0.1, 0.15) is 6.42 Å². The maximum absolute atomic E-state index is 10.7. The molecule has 1 aromatic heterocycles. The minimum absolute atomic E-state index is 0.146. The largest absolute Gasteiger partial charge is 0.480 e. The SMILES string of the molecule is O=C(O)C1CC(Oc2ncccc2Br)CN1. The van der Waals surface area contributed by atoms with Gasteiger partial charge in [-0.05, 0) is 28.1 Å². The number of rotatable bonds is 3. The van der Waals surface area contributed by atoms with Gasteiger partial charge >= 0.3 is 5.97 Å². The van der Waals surface area contributed by atoms with Crippen LogP contribution in [0.2, 0.25) is 0 Å². The molecule has 1 aromatic rings. The van der Waals surface area contributed by atoms with Gasteiger partial charge in [-0.1, -0.05) is 0 Å². The van der Waals surface area contributed by atoms with Crippen LogP contribution in [0.3, 0.4) is 0 Å². The summed E-state index contributed by atoms with van der Waals surface area (Å²) >= 11 is 3.32. The molecule has 2 N–H and O–H groups in total. The zero-order valence-electron chi connectivity index (χ0n) is 8.39. The number of nitrogens with one attached hydrogen (secondary N) is 1. The van der Waals surface area contributed by atoms with Gasteiger partial charge in [0.2, 0.25) is 5.88 Å². The number of aliphatic carboxylic acids is 1. The number of nitrogens with zero attached hydrogens (tertiary/aromatic N) is 1. The fourth-order valence-corrected chi connectivity index (χ4v) is 1.95. The lowest BCUT2D eigenvalue weighted by molar-refractivity contribution is -0.139. The van der Waals surface area contributed by atoms with Gasteiger partial charge in [0, 0.05) is 19.2 Å².